The highest BCUT2D eigenvalue weighted by Gasteiger charge is 2.47. The van der Waals surface area contributed by atoms with Crippen LogP contribution in [-0.2, 0) is 9.59 Å². The first-order valence-electron chi connectivity index (χ1n) is 10.8. The zero-order chi connectivity index (χ0) is 24.6. The Morgan fingerprint density at radius 2 is 1.65 bits per heavy atom. The summed E-state index contributed by atoms with van der Waals surface area (Å²) in [6.45, 7) is 4.00. The standard InChI is InChI=1S/C27H24ClNO5/c1-15(2)21-14-17(6-13-22(21)34-3)25(31)23-24(16-4-11-20(30)12-5-16)29(27(33)26(23)32)19-9-7-18(28)8-10-19/h4-15,24,30-31H,1-3H3/b25-23-. The van der Waals surface area contributed by atoms with Crippen LogP contribution in [0.15, 0.2) is 72.3 Å². The Labute approximate surface area is 202 Å². The van der Waals surface area contributed by atoms with Crippen molar-refractivity contribution in [2.75, 3.05) is 12.0 Å². The van der Waals surface area contributed by atoms with Crippen LogP contribution in [0.3, 0.4) is 0 Å². The first kappa shape index (κ1) is 23.4. The molecule has 3 aromatic rings. The van der Waals surface area contributed by atoms with Crippen LogP contribution in [0.25, 0.3) is 5.76 Å². The lowest BCUT2D eigenvalue weighted by molar-refractivity contribution is -0.132. The summed E-state index contributed by atoms with van der Waals surface area (Å²) in [4.78, 5) is 27.8. The number of phenols is 1. The molecule has 0 radical (unpaired) electrons. The molecule has 1 heterocycles. The number of carbonyl (C=O) groups is 2. The van der Waals surface area contributed by atoms with Gasteiger partial charge in [0.15, 0.2) is 0 Å². The number of halogens is 1. The number of Topliss-reactive ketones (excluding diaryl/α,β-unsaturated/α-hetero) is 1. The molecule has 1 atom stereocenters. The van der Waals surface area contributed by atoms with Crippen molar-refractivity contribution in [1.29, 1.82) is 0 Å². The van der Waals surface area contributed by atoms with E-state index in [9.17, 15) is 19.8 Å². The van der Waals surface area contributed by atoms with Gasteiger partial charge in [0, 0.05) is 16.3 Å². The molecular formula is C27H24ClNO5. The summed E-state index contributed by atoms with van der Waals surface area (Å²) in [5.41, 5.74) is 2.25. The van der Waals surface area contributed by atoms with Gasteiger partial charge in [0.1, 0.15) is 17.3 Å². The summed E-state index contributed by atoms with van der Waals surface area (Å²) in [6, 6.07) is 17.0. The Bertz CT molecular complexity index is 1280. The van der Waals surface area contributed by atoms with Crippen LogP contribution >= 0.6 is 11.6 Å². The van der Waals surface area contributed by atoms with Crippen molar-refractivity contribution in [3.8, 4) is 11.5 Å². The minimum atomic E-state index is -0.897. The molecule has 0 aliphatic carbocycles. The van der Waals surface area contributed by atoms with Gasteiger partial charge in [-0.2, -0.15) is 0 Å². The number of aromatic hydroxyl groups is 1. The predicted molar refractivity (Wildman–Crippen MR) is 131 cm³/mol. The first-order chi connectivity index (χ1) is 16.2. The van der Waals surface area contributed by atoms with Gasteiger partial charge in [-0.15, -0.1) is 0 Å². The second kappa shape index (κ2) is 9.23. The number of aliphatic hydroxyl groups excluding tert-OH is 1. The Morgan fingerprint density at radius 1 is 1.00 bits per heavy atom. The highest BCUT2D eigenvalue weighted by atomic mass is 35.5. The molecule has 1 aliphatic rings. The van der Waals surface area contributed by atoms with E-state index in [2.05, 4.69) is 0 Å². The van der Waals surface area contributed by atoms with Gasteiger partial charge in [0.25, 0.3) is 11.7 Å². The summed E-state index contributed by atoms with van der Waals surface area (Å²) in [6.07, 6.45) is 0. The number of methoxy groups -OCH3 is 1. The number of hydrogen-bond donors (Lipinski definition) is 2. The summed E-state index contributed by atoms with van der Waals surface area (Å²) < 4.78 is 5.43. The number of rotatable bonds is 5. The number of ketones is 1. The van der Waals surface area contributed by atoms with Crippen LogP contribution in [0.4, 0.5) is 5.69 Å². The zero-order valence-electron chi connectivity index (χ0n) is 18.9. The molecular weight excluding hydrogens is 454 g/mol. The molecule has 3 aromatic carbocycles. The molecule has 174 valence electrons. The number of phenolic OH excluding ortho intramolecular Hbond substituents is 1. The number of hydrogen-bond acceptors (Lipinski definition) is 5. The van der Waals surface area contributed by atoms with Crippen LogP contribution in [0, 0.1) is 0 Å². The molecule has 0 spiro atoms. The summed E-state index contributed by atoms with van der Waals surface area (Å²) in [5, 5.41) is 21.6. The molecule has 1 fully saturated rings. The Morgan fingerprint density at radius 3 is 2.24 bits per heavy atom. The molecule has 4 rings (SSSR count). The molecule has 2 N–H and O–H groups in total. The monoisotopic (exact) mass is 477 g/mol. The number of amides is 1. The summed E-state index contributed by atoms with van der Waals surface area (Å²) in [5.74, 6) is -1.02. The SMILES string of the molecule is COc1ccc(/C(O)=C2/C(=O)C(=O)N(c3ccc(Cl)cc3)C2c2ccc(O)cc2)cc1C(C)C. The molecule has 1 unspecified atom stereocenters. The average Bonchev–Trinajstić information content (AvgIpc) is 3.09. The van der Waals surface area contributed by atoms with Crippen molar-refractivity contribution in [3.63, 3.8) is 0 Å². The smallest absolute Gasteiger partial charge is 0.300 e. The van der Waals surface area contributed by atoms with Crippen molar-refractivity contribution in [2.24, 2.45) is 0 Å². The van der Waals surface area contributed by atoms with Crippen molar-refractivity contribution in [3.05, 3.63) is 94.0 Å². The average molecular weight is 478 g/mol. The summed E-state index contributed by atoms with van der Waals surface area (Å²) in [7, 11) is 1.57. The highest BCUT2D eigenvalue weighted by Crippen LogP contribution is 2.43. The number of benzene rings is 3. The van der Waals surface area contributed by atoms with Crippen molar-refractivity contribution in [1.82, 2.24) is 0 Å². The molecule has 7 heteroatoms. The van der Waals surface area contributed by atoms with Crippen LogP contribution in [-0.4, -0.2) is 29.0 Å². The number of aliphatic hydroxyl groups is 1. The van der Waals surface area contributed by atoms with Gasteiger partial charge in [-0.05, 0) is 71.6 Å². The van der Waals surface area contributed by atoms with E-state index in [0.717, 1.165) is 5.56 Å². The van der Waals surface area contributed by atoms with Crippen LogP contribution in [0.1, 0.15) is 42.5 Å². The lowest BCUT2D eigenvalue weighted by Crippen LogP contribution is -2.29. The van der Waals surface area contributed by atoms with E-state index in [0.29, 0.717) is 27.6 Å². The van der Waals surface area contributed by atoms with Crippen molar-refractivity contribution in [2.45, 2.75) is 25.8 Å². The number of nitrogens with zero attached hydrogens (tertiary/aromatic N) is 1. The van der Waals surface area contributed by atoms with Gasteiger partial charge in [0.2, 0.25) is 0 Å². The van der Waals surface area contributed by atoms with E-state index in [1.54, 1.807) is 61.7 Å². The van der Waals surface area contributed by atoms with Crippen LogP contribution < -0.4 is 9.64 Å². The molecule has 1 aliphatic heterocycles. The highest BCUT2D eigenvalue weighted by molar-refractivity contribution is 6.51. The van der Waals surface area contributed by atoms with E-state index < -0.39 is 17.7 Å². The molecule has 1 amide bonds. The van der Waals surface area contributed by atoms with Gasteiger partial charge < -0.3 is 14.9 Å². The van der Waals surface area contributed by atoms with Gasteiger partial charge in [-0.25, -0.2) is 0 Å². The number of carbonyl (C=O) groups excluding carboxylic acids is 2. The lowest BCUT2D eigenvalue weighted by Gasteiger charge is -2.25. The minimum absolute atomic E-state index is 0.0366. The lowest BCUT2D eigenvalue weighted by atomic mass is 9.93. The van der Waals surface area contributed by atoms with Crippen LogP contribution in [0.5, 0.6) is 11.5 Å². The van der Waals surface area contributed by atoms with E-state index in [1.165, 1.54) is 17.0 Å². The topological polar surface area (TPSA) is 87.1 Å². The fourth-order valence-corrected chi connectivity index (χ4v) is 4.29. The van der Waals surface area contributed by atoms with Gasteiger partial charge in [-0.3, -0.25) is 14.5 Å². The van der Waals surface area contributed by atoms with E-state index in [-0.39, 0.29) is 23.0 Å². The first-order valence-corrected chi connectivity index (χ1v) is 11.1. The van der Waals surface area contributed by atoms with Crippen LogP contribution in [0.2, 0.25) is 5.02 Å². The van der Waals surface area contributed by atoms with E-state index in [4.69, 9.17) is 16.3 Å². The molecule has 6 nitrogen and oxygen atoms in total. The van der Waals surface area contributed by atoms with Crippen molar-refractivity contribution >= 4 is 34.7 Å². The molecule has 1 saturated heterocycles. The maximum absolute atomic E-state index is 13.3. The molecule has 0 aromatic heterocycles. The molecule has 34 heavy (non-hydrogen) atoms. The quantitative estimate of drug-likeness (QED) is 0.275. The Balaban J connectivity index is 1.94. The third kappa shape index (κ3) is 4.13. The predicted octanol–water partition coefficient (Wildman–Crippen LogP) is 5.80. The van der Waals surface area contributed by atoms with Crippen molar-refractivity contribution < 1.29 is 24.5 Å². The zero-order valence-corrected chi connectivity index (χ0v) is 19.7. The fourth-order valence-electron chi connectivity index (χ4n) is 4.16. The number of ether oxygens (including phenoxy) is 1. The van der Waals surface area contributed by atoms with Gasteiger partial charge >= 0.3 is 0 Å². The Hall–Kier alpha value is -3.77. The molecule has 0 bridgehead atoms. The third-order valence-electron chi connectivity index (χ3n) is 5.88. The molecule has 0 saturated carbocycles. The Kier molecular flexibility index (Phi) is 6.35. The number of anilines is 1. The second-order valence-corrected chi connectivity index (χ2v) is 8.78. The van der Waals surface area contributed by atoms with E-state index in [1.807, 2.05) is 13.8 Å². The third-order valence-corrected chi connectivity index (χ3v) is 6.14. The largest absolute Gasteiger partial charge is 0.508 e. The normalized spacial score (nSPS) is 17.4. The fraction of sp³-hybridized carbons (Fsp3) is 0.185. The van der Waals surface area contributed by atoms with Gasteiger partial charge in [-0.1, -0.05) is 37.6 Å². The minimum Gasteiger partial charge on any atom is -0.508 e. The van der Waals surface area contributed by atoms with E-state index >= 15 is 0 Å². The van der Waals surface area contributed by atoms with Gasteiger partial charge in [0.05, 0.1) is 18.7 Å². The maximum atomic E-state index is 13.3. The summed E-state index contributed by atoms with van der Waals surface area (Å²) >= 11 is 6.02. The second-order valence-electron chi connectivity index (χ2n) is 8.35. The maximum Gasteiger partial charge on any atom is 0.300 e.